The molecular formula is C23H28Cl2N2O4. The lowest BCUT2D eigenvalue weighted by atomic mass is 10.0. The molecule has 8 heteroatoms. The standard InChI is InChI=1S/C23H28Cl2N2O4/c1-2-31-23(30)21(22(29)18-6-4-3-5-7-18)26-20(28)16-17-8-10-19(11-9-17)27(14-12-24)15-13-25/h3-11,21-22,29H,2,12-16H2,1H3,(H,26,28)/t21-,22+/m1/s1. The van der Waals surface area contributed by atoms with Crippen LogP contribution in [0.2, 0.25) is 0 Å². The van der Waals surface area contributed by atoms with Gasteiger partial charge in [-0.25, -0.2) is 4.79 Å². The van der Waals surface area contributed by atoms with Crippen molar-refractivity contribution in [3.05, 3.63) is 65.7 Å². The Bertz CT molecular complexity index is 812. The maximum atomic E-state index is 12.6. The van der Waals surface area contributed by atoms with Crippen molar-refractivity contribution in [1.29, 1.82) is 0 Å². The minimum Gasteiger partial charge on any atom is -0.464 e. The van der Waals surface area contributed by atoms with Gasteiger partial charge in [-0.3, -0.25) is 4.79 Å². The van der Waals surface area contributed by atoms with Crippen LogP contribution >= 0.6 is 23.2 Å². The number of hydrogen-bond acceptors (Lipinski definition) is 5. The van der Waals surface area contributed by atoms with Gasteiger partial charge in [-0.1, -0.05) is 42.5 Å². The molecule has 168 valence electrons. The third-order valence-electron chi connectivity index (χ3n) is 4.69. The van der Waals surface area contributed by atoms with E-state index in [2.05, 4.69) is 10.2 Å². The fourth-order valence-corrected chi connectivity index (χ4v) is 3.56. The second-order valence-electron chi connectivity index (χ2n) is 6.86. The number of alkyl halides is 2. The zero-order chi connectivity index (χ0) is 22.6. The molecule has 2 atom stereocenters. The molecule has 0 fully saturated rings. The van der Waals surface area contributed by atoms with Crippen LogP contribution in [-0.2, 0) is 20.7 Å². The smallest absolute Gasteiger partial charge is 0.331 e. The monoisotopic (exact) mass is 466 g/mol. The van der Waals surface area contributed by atoms with E-state index in [0.717, 1.165) is 11.3 Å². The number of anilines is 1. The Morgan fingerprint density at radius 1 is 1.03 bits per heavy atom. The molecular weight excluding hydrogens is 439 g/mol. The van der Waals surface area contributed by atoms with Crippen LogP contribution in [0.1, 0.15) is 24.2 Å². The Labute approximate surface area is 193 Å². The molecule has 2 aromatic carbocycles. The Balaban J connectivity index is 2.07. The zero-order valence-corrected chi connectivity index (χ0v) is 19.0. The molecule has 31 heavy (non-hydrogen) atoms. The van der Waals surface area contributed by atoms with Crippen molar-refractivity contribution in [1.82, 2.24) is 5.32 Å². The molecule has 0 saturated heterocycles. The maximum Gasteiger partial charge on any atom is 0.331 e. The summed E-state index contributed by atoms with van der Waals surface area (Å²) >= 11 is 11.7. The first-order valence-corrected chi connectivity index (χ1v) is 11.2. The summed E-state index contributed by atoms with van der Waals surface area (Å²) in [7, 11) is 0. The average Bonchev–Trinajstić information content (AvgIpc) is 2.78. The summed E-state index contributed by atoms with van der Waals surface area (Å²) in [6.07, 6.45) is -1.16. The average molecular weight is 467 g/mol. The zero-order valence-electron chi connectivity index (χ0n) is 17.5. The molecule has 2 rings (SSSR count). The molecule has 6 nitrogen and oxygen atoms in total. The Morgan fingerprint density at radius 2 is 1.65 bits per heavy atom. The Kier molecular flexibility index (Phi) is 10.6. The number of hydrogen-bond donors (Lipinski definition) is 2. The predicted octanol–water partition coefficient (Wildman–Crippen LogP) is 3.29. The molecule has 1 amide bonds. The molecule has 0 aliphatic carbocycles. The van der Waals surface area contributed by atoms with Crippen LogP contribution in [-0.4, -0.2) is 54.5 Å². The van der Waals surface area contributed by atoms with Crippen LogP contribution in [0.4, 0.5) is 5.69 Å². The first kappa shape index (κ1) is 25.0. The Morgan fingerprint density at radius 3 is 2.19 bits per heavy atom. The lowest BCUT2D eigenvalue weighted by Crippen LogP contribution is -2.46. The van der Waals surface area contributed by atoms with Gasteiger partial charge in [0, 0.05) is 30.5 Å². The number of carbonyl (C=O) groups is 2. The first-order chi connectivity index (χ1) is 15.0. The molecule has 0 radical (unpaired) electrons. The molecule has 2 N–H and O–H groups in total. The normalized spacial score (nSPS) is 12.6. The summed E-state index contributed by atoms with van der Waals surface area (Å²) in [5, 5.41) is 13.3. The maximum absolute atomic E-state index is 12.6. The van der Waals surface area contributed by atoms with Crippen LogP contribution < -0.4 is 10.2 Å². The van der Waals surface area contributed by atoms with Gasteiger partial charge in [0.25, 0.3) is 0 Å². The number of aliphatic hydroxyl groups excluding tert-OH is 1. The number of nitrogens with one attached hydrogen (secondary N) is 1. The number of nitrogens with zero attached hydrogens (tertiary/aromatic N) is 1. The highest BCUT2D eigenvalue weighted by molar-refractivity contribution is 6.18. The van der Waals surface area contributed by atoms with Gasteiger partial charge in [0.2, 0.25) is 5.91 Å². The van der Waals surface area contributed by atoms with Gasteiger partial charge in [0.15, 0.2) is 6.04 Å². The summed E-state index contributed by atoms with van der Waals surface area (Å²) in [4.78, 5) is 27.0. The SMILES string of the molecule is CCOC(=O)[C@H](NC(=O)Cc1ccc(N(CCCl)CCCl)cc1)[C@@H](O)c1ccccc1. The number of carbonyl (C=O) groups excluding carboxylic acids is 2. The van der Waals surface area contributed by atoms with Crippen molar-refractivity contribution < 1.29 is 19.4 Å². The first-order valence-electron chi connectivity index (χ1n) is 10.1. The fraction of sp³-hybridized carbons (Fsp3) is 0.391. The largest absolute Gasteiger partial charge is 0.464 e. The molecule has 0 spiro atoms. The summed E-state index contributed by atoms with van der Waals surface area (Å²) < 4.78 is 5.05. The molecule has 0 saturated carbocycles. The topological polar surface area (TPSA) is 78.9 Å². The summed E-state index contributed by atoms with van der Waals surface area (Å²) in [5.41, 5.74) is 2.26. The highest BCUT2D eigenvalue weighted by atomic mass is 35.5. The van der Waals surface area contributed by atoms with Crippen LogP contribution in [0.3, 0.4) is 0 Å². The second kappa shape index (κ2) is 13.2. The number of benzene rings is 2. The molecule has 0 bridgehead atoms. The lowest BCUT2D eigenvalue weighted by molar-refractivity contribution is -0.150. The van der Waals surface area contributed by atoms with E-state index in [0.29, 0.717) is 30.4 Å². The van der Waals surface area contributed by atoms with E-state index >= 15 is 0 Å². The van der Waals surface area contributed by atoms with Gasteiger partial charge in [-0.2, -0.15) is 0 Å². The number of ether oxygens (including phenoxy) is 1. The minimum atomic E-state index is -1.22. The lowest BCUT2D eigenvalue weighted by Gasteiger charge is -2.24. The number of halogens is 2. The van der Waals surface area contributed by atoms with E-state index in [4.69, 9.17) is 27.9 Å². The van der Waals surface area contributed by atoms with Crippen molar-refractivity contribution in [2.45, 2.75) is 25.5 Å². The molecule has 0 unspecified atom stereocenters. The predicted molar refractivity (Wildman–Crippen MR) is 124 cm³/mol. The van der Waals surface area contributed by atoms with E-state index in [9.17, 15) is 14.7 Å². The van der Waals surface area contributed by atoms with Gasteiger partial charge in [0.1, 0.15) is 6.10 Å². The van der Waals surface area contributed by atoms with Crippen molar-refractivity contribution in [3.8, 4) is 0 Å². The third kappa shape index (κ3) is 7.73. The summed E-state index contributed by atoms with van der Waals surface area (Å²) in [6.45, 7) is 3.17. The van der Waals surface area contributed by atoms with Gasteiger partial charge >= 0.3 is 5.97 Å². The minimum absolute atomic E-state index is 0.0582. The molecule has 0 aliphatic rings. The molecule has 2 aromatic rings. The third-order valence-corrected chi connectivity index (χ3v) is 5.03. The number of rotatable bonds is 12. The number of aliphatic hydroxyl groups is 1. The highest BCUT2D eigenvalue weighted by Crippen LogP contribution is 2.19. The van der Waals surface area contributed by atoms with E-state index in [1.165, 1.54) is 0 Å². The Hall–Kier alpha value is -2.28. The van der Waals surface area contributed by atoms with Crippen molar-refractivity contribution in [2.24, 2.45) is 0 Å². The number of amides is 1. The van der Waals surface area contributed by atoms with Gasteiger partial charge in [-0.05, 0) is 30.2 Å². The number of esters is 1. The van der Waals surface area contributed by atoms with Crippen molar-refractivity contribution >= 4 is 40.8 Å². The van der Waals surface area contributed by atoms with Crippen LogP contribution in [0.5, 0.6) is 0 Å². The molecule has 0 aromatic heterocycles. The van der Waals surface area contributed by atoms with Gasteiger partial charge < -0.3 is 20.1 Å². The van der Waals surface area contributed by atoms with E-state index in [1.807, 2.05) is 24.3 Å². The van der Waals surface area contributed by atoms with Crippen LogP contribution in [0, 0.1) is 0 Å². The quantitative estimate of drug-likeness (QED) is 0.370. The fourth-order valence-electron chi connectivity index (χ4n) is 3.15. The van der Waals surface area contributed by atoms with Crippen molar-refractivity contribution in [3.63, 3.8) is 0 Å². The summed E-state index contributed by atoms with van der Waals surface area (Å²) in [5.74, 6) is -0.0976. The van der Waals surface area contributed by atoms with Crippen LogP contribution in [0.15, 0.2) is 54.6 Å². The van der Waals surface area contributed by atoms with E-state index in [-0.39, 0.29) is 18.9 Å². The van der Waals surface area contributed by atoms with E-state index < -0.39 is 18.1 Å². The van der Waals surface area contributed by atoms with Gasteiger partial charge in [0.05, 0.1) is 13.0 Å². The summed E-state index contributed by atoms with van der Waals surface area (Å²) in [6, 6.07) is 15.0. The highest BCUT2D eigenvalue weighted by Gasteiger charge is 2.30. The second-order valence-corrected chi connectivity index (χ2v) is 7.62. The van der Waals surface area contributed by atoms with Crippen LogP contribution in [0.25, 0.3) is 0 Å². The molecule has 0 heterocycles. The van der Waals surface area contributed by atoms with Gasteiger partial charge in [-0.15, -0.1) is 23.2 Å². The molecule has 0 aliphatic heterocycles. The van der Waals surface area contributed by atoms with E-state index in [1.54, 1.807) is 37.3 Å². The van der Waals surface area contributed by atoms with Crippen molar-refractivity contribution in [2.75, 3.05) is 36.4 Å².